The van der Waals surface area contributed by atoms with E-state index in [0.29, 0.717) is 6.07 Å². The first-order valence-electron chi connectivity index (χ1n) is 5.40. The van der Waals surface area contributed by atoms with Crippen molar-refractivity contribution in [2.24, 2.45) is 0 Å². The average molecular weight is 292 g/mol. The largest absolute Gasteiger partial charge is 0.508 e. The van der Waals surface area contributed by atoms with Crippen molar-refractivity contribution < 1.29 is 40.9 Å². The van der Waals surface area contributed by atoms with Crippen molar-refractivity contribution in [1.82, 2.24) is 0 Å². The molecule has 8 N–H and O–H groups in total. The SMILES string of the molecule is [B]c1c(O)cc(O)c(O)c1-c1c(O)c(O)c(O)c(O)c1O. The highest BCUT2D eigenvalue weighted by atomic mass is 16.4. The fourth-order valence-electron chi connectivity index (χ4n) is 1.83. The lowest BCUT2D eigenvalue weighted by molar-refractivity contribution is 0.329. The Kier molecular flexibility index (Phi) is 3.05. The Bertz CT molecular complexity index is 701. The molecule has 0 aromatic heterocycles. The zero-order valence-electron chi connectivity index (χ0n) is 10.2. The predicted octanol–water partition coefficient (Wildman–Crippen LogP) is -0.208. The summed E-state index contributed by atoms with van der Waals surface area (Å²) in [5, 5.41) is 76.4. The fraction of sp³-hybridized carbons (Fsp3) is 0. The smallest absolute Gasteiger partial charge is 0.208 e. The molecule has 2 rings (SSSR count). The molecule has 0 fully saturated rings. The molecule has 0 heterocycles. The summed E-state index contributed by atoms with van der Waals surface area (Å²) in [6.07, 6.45) is 0. The van der Waals surface area contributed by atoms with Crippen LogP contribution in [0.15, 0.2) is 6.07 Å². The second-order valence-corrected chi connectivity index (χ2v) is 4.17. The standard InChI is InChI=1S/C12H9BO8/c13-6-2(14)1-3(15)7(16)4(6)5-8(17)10(19)12(21)11(20)9(5)18/h1,14-21H. The van der Waals surface area contributed by atoms with E-state index in [1.807, 2.05) is 0 Å². The van der Waals surface area contributed by atoms with E-state index in [1.54, 1.807) is 0 Å². The maximum atomic E-state index is 9.77. The van der Waals surface area contributed by atoms with Gasteiger partial charge in [0.2, 0.25) is 17.2 Å². The Labute approximate surface area is 118 Å². The summed E-state index contributed by atoms with van der Waals surface area (Å²) in [6, 6.07) is 0.711. The van der Waals surface area contributed by atoms with Crippen LogP contribution in [0.2, 0.25) is 0 Å². The molecule has 0 aliphatic carbocycles. The summed E-state index contributed by atoms with van der Waals surface area (Å²) in [6.45, 7) is 0. The molecule has 0 aliphatic heterocycles. The van der Waals surface area contributed by atoms with Gasteiger partial charge in [-0.3, -0.25) is 0 Å². The monoisotopic (exact) mass is 292 g/mol. The minimum absolute atomic E-state index is 0.555. The molecule has 2 radical (unpaired) electrons. The first-order chi connectivity index (χ1) is 9.68. The molecular formula is C12H9BO8. The van der Waals surface area contributed by atoms with Crippen LogP contribution in [0.1, 0.15) is 0 Å². The van der Waals surface area contributed by atoms with E-state index in [-0.39, 0.29) is 0 Å². The second kappa shape index (κ2) is 4.48. The molecule has 2 aromatic rings. The molecule has 0 saturated carbocycles. The van der Waals surface area contributed by atoms with Crippen LogP contribution in [0, 0.1) is 0 Å². The van der Waals surface area contributed by atoms with Crippen LogP contribution in [0.3, 0.4) is 0 Å². The van der Waals surface area contributed by atoms with Crippen LogP contribution in [-0.2, 0) is 0 Å². The molecule has 8 nitrogen and oxygen atoms in total. The third kappa shape index (κ3) is 1.86. The second-order valence-electron chi connectivity index (χ2n) is 4.17. The number of hydrogen-bond donors (Lipinski definition) is 8. The number of hydrogen-bond acceptors (Lipinski definition) is 8. The van der Waals surface area contributed by atoms with Crippen molar-refractivity contribution in [1.29, 1.82) is 0 Å². The minimum atomic E-state index is -1.20. The molecule has 21 heavy (non-hydrogen) atoms. The first kappa shape index (κ1) is 14.3. The number of phenols is 8. The van der Waals surface area contributed by atoms with Gasteiger partial charge in [-0.2, -0.15) is 0 Å². The highest BCUT2D eigenvalue weighted by molar-refractivity contribution is 6.39. The normalized spacial score (nSPS) is 10.7. The number of phenolic OH excluding ortho intramolecular Hbond substituents is 8. The lowest BCUT2D eigenvalue weighted by Gasteiger charge is -2.17. The lowest BCUT2D eigenvalue weighted by Crippen LogP contribution is -2.08. The average Bonchev–Trinajstić information content (AvgIpc) is 2.44. The van der Waals surface area contributed by atoms with Gasteiger partial charge in [0.25, 0.3) is 0 Å². The van der Waals surface area contributed by atoms with Crippen LogP contribution in [0.25, 0.3) is 11.1 Å². The van der Waals surface area contributed by atoms with Crippen LogP contribution in [-0.4, -0.2) is 48.7 Å². The molecule has 9 heteroatoms. The maximum Gasteiger partial charge on any atom is 0.208 e. The van der Waals surface area contributed by atoms with Gasteiger partial charge in [0, 0.05) is 11.6 Å². The number of aromatic hydroxyl groups is 8. The van der Waals surface area contributed by atoms with Gasteiger partial charge < -0.3 is 40.9 Å². The molecular weight excluding hydrogens is 283 g/mol. The van der Waals surface area contributed by atoms with Gasteiger partial charge >= 0.3 is 0 Å². The molecule has 108 valence electrons. The molecule has 2 aromatic carbocycles. The van der Waals surface area contributed by atoms with Crippen molar-refractivity contribution in [3.8, 4) is 57.1 Å². The van der Waals surface area contributed by atoms with Crippen LogP contribution in [0.5, 0.6) is 46.0 Å². The summed E-state index contributed by atoms with van der Waals surface area (Å²) in [4.78, 5) is 0. The van der Waals surface area contributed by atoms with E-state index in [1.165, 1.54) is 0 Å². The van der Waals surface area contributed by atoms with Crippen molar-refractivity contribution in [3.63, 3.8) is 0 Å². The molecule has 0 amide bonds. The molecule has 0 spiro atoms. The highest BCUT2D eigenvalue weighted by Crippen LogP contribution is 2.56. The summed E-state index contributed by atoms with van der Waals surface area (Å²) in [5.41, 5.74) is -1.99. The quantitative estimate of drug-likeness (QED) is 0.203. The first-order valence-corrected chi connectivity index (χ1v) is 5.40. The highest BCUT2D eigenvalue weighted by Gasteiger charge is 2.28. The van der Waals surface area contributed by atoms with Crippen LogP contribution >= 0.6 is 0 Å². The van der Waals surface area contributed by atoms with Gasteiger partial charge in [-0.25, -0.2) is 0 Å². The summed E-state index contributed by atoms with van der Waals surface area (Å²) >= 11 is 0. The molecule has 0 saturated heterocycles. The number of rotatable bonds is 1. The van der Waals surface area contributed by atoms with Gasteiger partial charge in [-0.15, -0.1) is 0 Å². The molecule has 0 aliphatic rings. The van der Waals surface area contributed by atoms with Gasteiger partial charge in [0.05, 0.1) is 5.56 Å². The predicted molar refractivity (Wildman–Crippen MR) is 70.6 cm³/mol. The lowest BCUT2D eigenvalue weighted by atomic mass is 9.84. The summed E-state index contributed by atoms with van der Waals surface area (Å²) in [5.74, 6) is -8.29. The van der Waals surface area contributed by atoms with E-state index < -0.39 is 62.6 Å². The van der Waals surface area contributed by atoms with E-state index in [0.717, 1.165) is 0 Å². The Hall–Kier alpha value is -3.10. The zero-order valence-corrected chi connectivity index (χ0v) is 10.2. The van der Waals surface area contributed by atoms with Crippen molar-refractivity contribution >= 4 is 13.3 Å². The van der Waals surface area contributed by atoms with E-state index in [2.05, 4.69) is 0 Å². The summed E-state index contributed by atoms with van der Waals surface area (Å²) in [7, 11) is 5.49. The van der Waals surface area contributed by atoms with Gasteiger partial charge in [0.1, 0.15) is 13.6 Å². The van der Waals surface area contributed by atoms with Gasteiger partial charge in [-0.1, -0.05) is 0 Å². The Morgan fingerprint density at radius 2 is 0.952 bits per heavy atom. The van der Waals surface area contributed by atoms with Gasteiger partial charge in [-0.05, 0) is 5.46 Å². The third-order valence-electron chi connectivity index (χ3n) is 2.92. The zero-order chi connectivity index (χ0) is 16.1. The van der Waals surface area contributed by atoms with Crippen LogP contribution in [0.4, 0.5) is 0 Å². The third-order valence-corrected chi connectivity index (χ3v) is 2.92. The fourth-order valence-corrected chi connectivity index (χ4v) is 1.83. The van der Waals surface area contributed by atoms with Crippen molar-refractivity contribution in [3.05, 3.63) is 6.07 Å². The van der Waals surface area contributed by atoms with Crippen molar-refractivity contribution in [2.45, 2.75) is 0 Å². The molecule has 0 unspecified atom stereocenters. The Balaban J connectivity index is 3.00. The van der Waals surface area contributed by atoms with Crippen LogP contribution < -0.4 is 5.46 Å². The van der Waals surface area contributed by atoms with E-state index in [4.69, 9.17) is 7.85 Å². The number of benzene rings is 2. The summed E-state index contributed by atoms with van der Waals surface area (Å²) < 4.78 is 0. The van der Waals surface area contributed by atoms with Gasteiger partial charge in [0.15, 0.2) is 23.0 Å². The maximum absolute atomic E-state index is 9.77. The van der Waals surface area contributed by atoms with E-state index >= 15 is 0 Å². The van der Waals surface area contributed by atoms with Crippen molar-refractivity contribution in [2.75, 3.05) is 0 Å². The minimum Gasteiger partial charge on any atom is -0.508 e. The van der Waals surface area contributed by atoms with E-state index in [9.17, 15) is 40.9 Å². The molecule has 0 bridgehead atoms. The Morgan fingerprint density at radius 1 is 0.524 bits per heavy atom. The Morgan fingerprint density at radius 3 is 1.43 bits per heavy atom. The molecule has 0 atom stereocenters. The topological polar surface area (TPSA) is 162 Å².